The monoisotopic (exact) mass is 177 g/mol. The molecule has 0 saturated heterocycles. The molecule has 1 unspecified atom stereocenters. The first-order valence-corrected chi connectivity index (χ1v) is 4.23. The van der Waals surface area contributed by atoms with Crippen LogP contribution in [0.15, 0.2) is 24.5 Å². The van der Waals surface area contributed by atoms with E-state index in [4.69, 9.17) is 5.11 Å². The van der Waals surface area contributed by atoms with E-state index in [0.717, 1.165) is 11.3 Å². The van der Waals surface area contributed by atoms with Gasteiger partial charge in [0.05, 0.1) is 18.0 Å². The second kappa shape index (κ2) is 3.14. The Morgan fingerprint density at radius 1 is 1.62 bits per heavy atom. The summed E-state index contributed by atoms with van der Waals surface area (Å²) >= 11 is 0. The Labute approximate surface area is 75.8 Å². The first-order chi connectivity index (χ1) is 6.25. The van der Waals surface area contributed by atoms with Gasteiger partial charge in [0.2, 0.25) is 0 Å². The molecule has 2 aromatic heterocycles. The van der Waals surface area contributed by atoms with Crippen molar-refractivity contribution in [2.45, 2.75) is 19.4 Å². The van der Waals surface area contributed by atoms with Crippen molar-refractivity contribution < 1.29 is 5.11 Å². The number of imidazole rings is 1. The van der Waals surface area contributed by atoms with Crippen molar-refractivity contribution in [3.8, 4) is 0 Å². The molecule has 0 aliphatic carbocycles. The lowest BCUT2D eigenvalue weighted by molar-refractivity contribution is 0.194. The van der Waals surface area contributed by atoms with Crippen molar-refractivity contribution in [2.75, 3.05) is 0 Å². The number of hydrogen-bond acceptors (Lipinski definition) is 3. The summed E-state index contributed by atoms with van der Waals surface area (Å²) in [4.78, 5) is 4.29. The first-order valence-electron chi connectivity index (χ1n) is 4.23. The van der Waals surface area contributed by atoms with Crippen LogP contribution >= 0.6 is 0 Å². The zero-order valence-corrected chi connectivity index (χ0v) is 7.38. The number of nitrogens with zero attached hydrogens (tertiary/aromatic N) is 3. The molecule has 1 N–H and O–H groups in total. The van der Waals surface area contributed by atoms with Gasteiger partial charge < -0.3 is 5.11 Å². The lowest BCUT2D eigenvalue weighted by Gasteiger charge is -1.97. The molecule has 2 heterocycles. The number of aromatic nitrogens is 3. The molecule has 0 bridgehead atoms. The Morgan fingerprint density at radius 2 is 2.46 bits per heavy atom. The zero-order chi connectivity index (χ0) is 9.26. The van der Waals surface area contributed by atoms with Crippen LogP contribution in [0.1, 0.15) is 12.6 Å². The van der Waals surface area contributed by atoms with Crippen molar-refractivity contribution in [1.82, 2.24) is 14.6 Å². The van der Waals surface area contributed by atoms with E-state index in [0.29, 0.717) is 6.42 Å². The lowest BCUT2D eigenvalue weighted by atomic mass is 10.2. The molecule has 0 radical (unpaired) electrons. The maximum Gasteiger partial charge on any atom is 0.153 e. The van der Waals surface area contributed by atoms with Crippen LogP contribution in [-0.4, -0.2) is 25.8 Å². The average Bonchev–Trinajstić information content (AvgIpc) is 2.44. The van der Waals surface area contributed by atoms with E-state index in [9.17, 15) is 0 Å². The maximum absolute atomic E-state index is 9.16. The smallest absolute Gasteiger partial charge is 0.153 e. The molecule has 2 aromatic rings. The minimum Gasteiger partial charge on any atom is -0.393 e. The molecule has 1 atom stereocenters. The predicted molar refractivity (Wildman–Crippen MR) is 48.4 cm³/mol. The fourth-order valence-corrected chi connectivity index (χ4v) is 1.28. The second-order valence-electron chi connectivity index (χ2n) is 3.11. The van der Waals surface area contributed by atoms with E-state index in [1.165, 1.54) is 0 Å². The molecular weight excluding hydrogens is 166 g/mol. The third kappa shape index (κ3) is 1.67. The lowest BCUT2D eigenvalue weighted by Crippen LogP contribution is -2.03. The molecule has 0 fully saturated rings. The Bertz CT molecular complexity index is 375. The van der Waals surface area contributed by atoms with Crippen LogP contribution in [0.2, 0.25) is 0 Å². The fourth-order valence-electron chi connectivity index (χ4n) is 1.28. The number of hydrogen-bond donors (Lipinski definition) is 1. The van der Waals surface area contributed by atoms with Crippen molar-refractivity contribution >= 4 is 5.65 Å². The summed E-state index contributed by atoms with van der Waals surface area (Å²) in [5, 5.41) is 13.2. The van der Waals surface area contributed by atoms with E-state index in [2.05, 4.69) is 10.1 Å². The van der Waals surface area contributed by atoms with E-state index < -0.39 is 0 Å². The predicted octanol–water partition coefficient (Wildman–Crippen LogP) is 0.653. The molecule has 0 aromatic carbocycles. The third-order valence-electron chi connectivity index (χ3n) is 1.79. The molecule has 0 saturated carbocycles. The van der Waals surface area contributed by atoms with Gasteiger partial charge in [0.15, 0.2) is 5.65 Å². The number of fused-ring (bicyclic) bond motifs is 1. The highest BCUT2D eigenvalue weighted by molar-refractivity contribution is 5.37. The van der Waals surface area contributed by atoms with Crippen LogP contribution in [0.5, 0.6) is 0 Å². The molecule has 0 aliphatic rings. The summed E-state index contributed by atoms with van der Waals surface area (Å²) in [6.07, 6.45) is 3.76. The van der Waals surface area contributed by atoms with Crippen molar-refractivity contribution in [1.29, 1.82) is 0 Å². The van der Waals surface area contributed by atoms with Crippen LogP contribution in [0.4, 0.5) is 0 Å². The highest BCUT2D eigenvalue weighted by Crippen LogP contribution is 2.04. The Kier molecular flexibility index (Phi) is 1.98. The van der Waals surface area contributed by atoms with Crippen LogP contribution in [0.3, 0.4) is 0 Å². The Morgan fingerprint density at radius 3 is 3.15 bits per heavy atom. The largest absolute Gasteiger partial charge is 0.393 e. The molecule has 4 nitrogen and oxygen atoms in total. The van der Waals surface area contributed by atoms with Crippen molar-refractivity contribution in [3.05, 3.63) is 30.2 Å². The Hall–Kier alpha value is -1.42. The number of aliphatic hydroxyl groups excluding tert-OH is 1. The number of aliphatic hydroxyl groups is 1. The normalized spacial score (nSPS) is 13.4. The molecule has 2 rings (SSSR count). The van der Waals surface area contributed by atoms with Gasteiger partial charge in [-0.05, 0) is 19.1 Å². The van der Waals surface area contributed by atoms with Gasteiger partial charge in [-0.3, -0.25) is 0 Å². The highest BCUT2D eigenvalue weighted by atomic mass is 16.3. The quantitative estimate of drug-likeness (QED) is 0.732. The minimum atomic E-state index is -0.357. The molecule has 0 amide bonds. The molecular formula is C9H11N3O. The van der Waals surface area contributed by atoms with Gasteiger partial charge in [-0.25, -0.2) is 9.50 Å². The van der Waals surface area contributed by atoms with Gasteiger partial charge in [-0.15, -0.1) is 0 Å². The summed E-state index contributed by atoms with van der Waals surface area (Å²) in [6, 6.07) is 3.73. The van der Waals surface area contributed by atoms with E-state index in [1.807, 2.05) is 18.3 Å². The van der Waals surface area contributed by atoms with Crippen LogP contribution in [-0.2, 0) is 6.42 Å². The summed E-state index contributed by atoms with van der Waals surface area (Å²) in [6.45, 7) is 1.75. The summed E-state index contributed by atoms with van der Waals surface area (Å²) in [5.41, 5.74) is 1.69. The summed E-state index contributed by atoms with van der Waals surface area (Å²) in [5.74, 6) is 0. The summed E-state index contributed by atoms with van der Waals surface area (Å²) < 4.78 is 1.71. The van der Waals surface area contributed by atoms with Crippen molar-refractivity contribution in [2.24, 2.45) is 0 Å². The van der Waals surface area contributed by atoms with Gasteiger partial charge in [0.1, 0.15) is 0 Å². The average molecular weight is 177 g/mol. The minimum absolute atomic E-state index is 0.357. The van der Waals surface area contributed by atoms with Gasteiger partial charge in [0, 0.05) is 12.6 Å². The topological polar surface area (TPSA) is 50.4 Å². The van der Waals surface area contributed by atoms with Crippen molar-refractivity contribution in [3.63, 3.8) is 0 Å². The standard InChI is InChI=1S/C9H11N3O/c1-7(13)5-8-6-12-9(11-8)3-2-4-10-12/h2-4,6-7,13H,5H2,1H3. The van der Waals surface area contributed by atoms with E-state index in [1.54, 1.807) is 17.6 Å². The van der Waals surface area contributed by atoms with Crippen LogP contribution in [0.25, 0.3) is 5.65 Å². The SMILES string of the molecule is CC(O)Cc1cn2ncccc2n1. The number of rotatable bonds is 2. The zero-order valence-electron chi connectivity index (χ0n) is 7.38. The van der Waals surface area contributed by atoms with Gasteiger partial charge in [-0.2, -0.15) is 5.10 Å². The molecule has 0 aliphatic heterocycles. The Balaban J connectivity index is 2.38. The fraction of sp³-hybridized carbons (Fsp3) is 0.333. The van der Waals surface area contributed by atoms with Gasteiger partial charge in [-0.1, -0.05) is 0 Å². The maximum atomic E-state index is 9.16. The van der Waals surface area contributed by atoms with Gasteiger partial charge >= 0.3 is 0 Å². The molecule has 68 valence electrons. The van der Waals surface area contributed by atoms with Crippen LogP contribution < -0.4 is 0 Å². The van der Waals surface area contributed by atoms with E-state index >= 15 is 0 Å². The highest BCUT2D eigenvalue weighted by Gasteiger charge is 2.04. The van der Waals surface area contributed by atoms with Gasteiger partial charge in [0.25, 0.3) is 0 Å². The van der Waals surface area contributed by atoms with E-state index in [-0.39, 0.29) is 6.10 Å². The molecule has 13 heavy (non-hydrogen) atoms. The molecule has 4 heteroatoms. The second-order valence-corrected chi connectivity index (χ2v) is 3.11. The molecule has 0 spiro atoms. The van der Waals surface area contributed by atoms with Crippen LogP contribution in [0, 0.1) is 0 Å². The third-order valence-corrected chi connectivity index (χ3v) is 1.79. The first kappa shape index (κ1) is 8.19. The summed E-state index contributed by atoms with van der Waals surface area (Å²) in [7, 11) is 0.